The van der Waals surface area contributed by atoms with Gasteiger partial charge in [0.05, 0.1) is 5.56 Å². The van der Waals surface area contributed by atoms with E-state index in [0.717, 1.165) is 18.9 Å². The number of hydrogen-bond donors (Lipinski definition) is 0. The van der Waals surface area contributed by atoms with Gasteiger partial charge in [0.15, 0.2) is 0 Å². The van der Waals surface area contributed by atoms with Gasteiger partial charge in [0.2, 0.25) is 5.95 Å². The van der Waals surface area contributed by atoms with Gasteiger partial charge in [-0.1, -0.05) is 25.6 Å². The molecular formula is C14H19FN2Si. The van der Waals surface area contributed by atoms with E-state index in [9.17, 15) is 4.39 Å². The molecule has 0 bridgehead atoms. The third-order valence-electron chi connectivity index (χ3n) is 2.84. The fraction of sp³-hybridized carbons (Fsp3) is 0.500. The van der Waals surface area contributed by atoms with E-state index in [-0.39, 0.29) is 0 Å². The topological polar surface area (TPSA) is 16.1 Å². The Morgan fingerprint density at radius 3 is 2.44 bits per heavy atom. The third kappa shape index (κ3) is 3.33. The average Bonchev–Trinajstić information content (AvgIpc) is 2.79. The van der Waals surface area contributed by atoms with Gasteiger partial charge in [-0.15, -0.1) is 5.54 Å². The molecule has 1 saturated heterocycles. The normalized spacial score (nSPS) is 15.4. The second-order valence-electron chi connectivity index (χ2n) is 5.70. The van der Waals surface area contributed by atoms with Crippen LogP contribution in [0.25, 0.3) is 0 Å². The van der Waals surface area contributed by atoms with Crippen LogP contribution in [-0.4, -0.2) is 26.1 Å². The lowest BCUT2D eigenvalue weighted by molar-refractivity contribution is 0.579. The van der Waals surface area contributed by atoms with E-state index in [2.05, 4.69) is 41.0 Å². The minimum Gasteiger partial charge on any atom is -0.357 e. The molecule has 2 nitrogen and oxygen atoms in total. The minimum absolute atomic E-state index is 0.417. The number of hydrogen-bond acceptors (Lipinski definition) is 2. The summed E-state index contributed by atoms with van der Waals surface area (Å²) in [7, 11) is -1.47. The molecule has 0 radical (unpaired) electrons. The Hall–Kier alpha value is -1.34. The molecular weight excluding hydrogens is 243 g/mol. The second-order valence-corrected chi connectivity index (χ2v) is 10.5. The summed E-state index contributed by atoms with van der Waals surface area (Å²) in [6.07, 6.45) is 2.33. The van der Waals surface area contributed by atoms with E-state index in [1.54, 1.807) is 6.07 Å². The highest BCUT2D eigenvalue weighted by Gasteiger charge is 2.15. The van der Waals surface area contributed by atoms with Gasteiger partial charge >= 0.3 is 0 Å². The standard InChI is InChI=1S/C14H19FN2Si/c1-18(2,3)11-8-12-6-7-13(16-14(12)15)17-9-4-5-10-17/h6-7H,4-5,9-10H2,1-3H3. The van der Waals surface area contributed by atoms with Crippen LogP contribution in [0.5, 0.6) is 0 Å². The summed E-state index contributed by atoms with van der Waals surface area (Å²) >= 11 is 0. The van der Waals surface area contributed by atoms with E-state index in [1.165, 1.54) is 12.8 Å². The molecule has 0 amide bonds. The van der Waals surface area contributed by atoms with Crippen LogP contribution < -0.4 is 4.90 Å². The van der Waals surface area contributed by atoms with E-state index >= 15 is 0 Å². The number of pyridine rings is 1. The molecule has 18 heavy (non-hydrogen) atoms. The molecule has 1 aromatic rings. The molecule has 1 aromatic heterocycles. The number of aromatic nitrogens is 1. The number of nitrogens with zero attached hydrogens (tertiary/aromatic N) is 2. The van der Waals surface area contributed by atoms with Crippen molar-refractivity contribution < 1.29 is 4.39 Å². The molecule has 2 rings (SSSR count). The predicted octanol–water partition coefficient (Wildman–Crippen LogP) is 3.05. The number of rotatable bonds is 1. The third-order valence-corrected chi connectivity index (χ3v) is 3.71. The van der Waals surface area contributed by atoms with Crippen molar-refractivity contribution >= 4 is 13.9 Å². The van der Waals surface area contributed by atoms with E-state index < -0.39 is 14.0 Å². The van der Waals surface area contributed by atoms with Crippen molar-refractivity contribution in [3.63, 3.8) is 0 Å². The SMILES string of the molecule is C[Si](C)(C)C#Cc1ccc(N2CCCC2)nc1F. The molecule has 0 unspecified atom stereocenters. The molecule has 0 atom stereocenters. The Kier molecular flexibility index (Phi) is 3.72. The van der Waals surface area contributed by atoms with E-state index in [4.69, 9.17) is 0 Å². The second kappa shape index (κ2) is 5.11. The van der Waals surface area contributed by atoms with Crippen LogP contribution in [0, 0.1) is 17.4 Å². The van der Waals surface area contributed by atoms with Gasteiger partial charge in [-0.05, 0) is 25.0 Å². The number of halogens is 1. The molecule has 2 heterocycles. The Labute approximate surface area is 109 Å². The van der Waals surface area contributed by atoms with Gasteiger partial charge in [0.25, 0.3) is 0 Å². The van der Waals surface area contributed by atoms with Crippen LogP contribution in [0.3, 0.4) is 0 Å². The molecule has 0 saturated carbocycles. The smallest absolute Gasteiger partial charge is 0.230 e. The van der Waals surface area contributed by atoms with E-state index in [0.29, 0.717) is 5.56 Å². The van der Waals surface area contributed by atoms with Gasteiger partial charge in [0.1, 0.15) is 13.9 Å². The quantitative estimate of drug-likeness (QED) is 0.439. The first-order valence-electron chi connectivity index (χ1n) is 6.40. The zero-order chi connectivity index (χ0) is 13.2. The van der Waals surface area contributed by atoms with Gasteiger partial charge in [-0.2, -0.15) is 4.39 Å². The molecule has 1 fully saturated rings. The van der Waals surface area contributed by atoms with Crippen LogP contribution in [0.1, 0.15) is 18.4 Å². The zero-order valence-corrected chi connectivity index (χ0v) is 12.3. The largest absolute Gasteiger partial charge is 0.357 e. The Morgan fingerprint density at radius 2 is 1.89 bits per heavy atom. The first kappa shape index (κ1) is 13.1. The maximum absolute atomic E-state index is 13.9. The molecule has 0 aliphatic carbocycles. The van der Waals surface area contributed by atoms with Crippen molar-refractivity contribution in [2.24, 2.45) is 0 Å². The summed E-state index contributed by atoms with van der Waals surface area (Å²) in [6, 6.07) is 3.63. The van der Waals surface area contributed by atoms with Crippen molar-refractivity contribution in [2.75, 3.05) is 18.0 Å². The molecule has 1 aliphatic heterocycles. The minimum atomic E-state index is -1.47. The van der Waals surface area contributed by atoms with Crippen molar-refractivity contribution in [3.8, 4) is 11.5 Å². The Morgan fingerprint density at radius 1 is 1.22 bits per heavy atom. The Bertz CT molecular complexity index is 491. The first-order chi connectivity index (χ1) is 8.46. The molecule has 0 N–H and O–H groups in total. The lowest BCUT2D eigenvalue weighted by atomic mass is 10.3. The maximum atomic E-state index is 13.9. The molecule has 0 aromatic carbocycles. The van der Waals surface area contributed by atoms with Crippen molar-refractivity contribution in [2.45, 2.75) is 32.5 Å². The highest BCUT2D eigenvalue weighted by atomic mass is 28.3. The van der Waals surface area contributed by atoms with Crippen LogP contribution >= 0.6 is 0 Å². The van der Waals surface area contributed by atoms with Gasteiger partial charge in [0, 0.05) is 13.1 Å². The lowest BCUT2D eigenvalue weighted by Crippen LogP contribution is -2.19. The van der Waals surface area contributed by atoms with Crippen molar-refractivity contribution in [1.29, 1.82) is 0 Å². The van der Waals surface area contributed by atoms with Crippen molar-refractivity contribution in [3.05, 3.63) is 23.6 Å². The summed E-state index contributed by atoms with van der Waals surface area (Å²) in [6.45, 7) is 8.39. The summed E-state index contributed by atoms with van der Waals surface area (Å²) in [5.74, 6) is 3.23. The molecule has 4 heteroatoms. The monoisotopic (exact) mass is 262 g/mol. The highest BCUT2D eigenvalue weighted by molar-refractivity contribution is 6.83. The fourth-order valence-electron chi connectivity index (χ4n) is 1.90. The molecule has 0 spiro atoms. The first-order valence-corrected chi connectivity index (χ1v) is 9.90. The molecule has 96 valence electrons. The van der Waals surface area contributed by atoms with Crippen LogP contribution in [0.15, 0.2) is 12.1 Å². The summed E-state index contributed by atoms with van der Waals surface area (Å²) < 4.78 is 13.9. The van der Waals surface area contributed by atoms with Crippen LogP contribution in [0.2, 0.25) is 19.6 Å². The summed E-state index contributed by atoms with van der Waals surface area (Å²) in [5, 5.41) is 0. The zero-order valence-electron chi connectivity index (χ0n) is 11.3. The highest BCUT2D eigenvalue weighted by Crippen LogP contribution is 2.19. The van der Waals surface area contributed by atoms with Crippen LogP contribution in [-0.2, 0) is 0 Å². The average molecular weight is 262 g/mol. The lowest BCUT2D eigenvalue weighted by Gasteiger charge is -2.16. The summed E-state index contributed by atoms with van der Waals surface area (Å²) in [5.41, 5.74) is 3.58. The maximum Gasteiger partial charge on any atom is 0.230 e. The number of anilines is 1. The Balaban J connectivity index is 2.21. The predicted molar refractivity (Wildman–Crippen MR) is 75.9 cm³/mol. The van der Waals surface area contributed by atoms with Crippen molar-refractivity contribution in [1.82, 2.24) is 4.98 Å². The summed E-state index contributed by atoms with van der Waals surface area (Å²) in [4.78, 5) is 6.15. The van der Waals surface area contributed by atoms with Crippen LogP contribution in [0.4, 0.5) is 10.2 Å². The van der Waals surface area contributed by atoms with Gasteiger partial charge in [-0.3, -0.25) is 0 Å². The van der Waals surface area contributed by atoms with Gasteiger partial charge in [-0.25, -0.2) is 4.98 Å². The molecule has 1 aliphatic rings. The fourth-order valence-corrected chi connectivity index (χ4v) is 2.40. The van der Waals surface area contributed by atoms with E-state index in [1.807, 2.05) is 6.07 Å². The van der Waals surface area contributed by atoms with Gasteiger partial charge < -0.3 is 4.90 Å².